The molecule has 0 aliphatic heterocycles. The molecule has 142 valence electrons. The van der Waals surface area contributed by atoms with Gasteiger partial charge in [0.2, 0.25) is 0 Å². The number of halogens is 1. The van der Waals surface area contributed by atoms with Gasteiger partial charge in [-0.15, -0.1) is 0 Å². The number of hydrogen-bond donors (Lipinski definition) is 1. The van der Waals surface area contributed by atoms with Crippen LogP contribution < -0.4 is 10.1 Å². The molecule has 0 atom stereocenters. The molecule has 0 radical (unpaired) electrons. The first-order valence-corrected chi connectivity index (χ1v) is 8.62. The van der Waals surface area contributed by atoms with E-state index in [2.05, 4.69) is 10.5 Å². The van der Waals surface area contributed by atoms with Gasteiger partial charge < -0.3 is 14.9 Å². The number of oxime groups is 1. The Kier molecular flexibility index (Phi) is 6.96. The number of carbonyl (C=O) groups is 2. The van der Waals surface area contributed by atoms with Crippen LogP contribution in [0.4, 0.5) is 0 Å². The Bertz CT molecular complexity index is 894. The van der Waals surface area contributed by atoms with Gasteiger partial charge in [-0.05, 0) is 54.3 Å². The number of nitrogens with one attached hydrogen (secondary N) is 1. The van der Waals surface area contributed by atoms with E-state index in [9.17, 15) is 9.59 Å². The first-order chi connectivity index (χ1) is 12.9. The molecule has 1 amide bonds. The van der Waals surface area contributed by atoms with Gasteiger partial charge >= 0.3 is 0 Å². The fourth-order valence-corrected chi connectivity index (χ4v) is 2.82. The van der Waals surface area contributed by atoms with Gasteiger partial charge in [-0.3, -0.25) is 9.59 Å². The van der Waals surface area contributed by atoms with Crippen LogP contribution in [-0.4, -0.2) is 31.0 Å². The van der Waals surface area contributed by atoms with Crippen molar-refractivity contribution in [2.24, 2.45) is 5.16 Å². The smallest absolute Gasteiger partial charge is 0.273 e. The molecule has 0 heterocycles. The largest absolute Gasteiger partial charge is 0.489 e. The number of nitrogens with zero attached hydrogens (tertiary/aromatic N) is 1. The maximum Gasteiger partial charge on any atom is 0.273 e. The highest BCUT2D eigenvalue weighted by atomic mass is 35.5. The van der Waals surface area contributed by atoms with Gasteiger partial charge in [-0.25, -0.2) is 0 Å². The number of carbonyl (C=O) groups excluding carboxylic acids is 2. The van der Waals surface area contributed by atoms with Crippen LogP contribution in [0.15, 0.2) is 41.6 Å². The maximum absolute atomic E-state index is 12.1. The van der Waals surface area contributed by atoms with Crippen LogP contribution in [0.25, 0.3) is 0 Å². The number of rotatable bonds is 7. The molecule has 2 aromatic carbocycles. The third-order valence-electron chi connectivity index (χ3n) is 4.01. The van der Waals surface area contributed by atoms with E-state index in [0.29, 0.717) is 16.9 Å². The molecule has 2 rings (SSSR count). The Morgan fingerprint density at radius 3 is 2.44 bits per heavy atom. The zero-order chi connectivity index (χ0) is 20.0. The fraction of sp³-hybridized carbons (Fsp3) is 0.250. The molecule has 0 spiro atoms. The molecule has 0 bridgehead atoms. The normalized spacial score (nSPS) is 11.1. The standard InChI is InChI=1S/C20H21ClN2O4/c1-12-10-17(13(2)9-16(12)19(21)24)27-11-14-7-5-6-8-15(14)18(23-26-4)20(25)22-3/h5-10H,11H2,1-4H3,(H,22,25). The molecule has 0 saturated carbocycles. The molecule has 0 aliphatic rings. The predicted octanol–water partition coefficient (Wildman–Crippen LogP) is 3.36. The van der Waals surface area contributed by atoms with Gasteiger partial charge in [0.1, 0.15) is 19.5 Å². The van der Waals surface area contributed by atoms with Crippen molar-refractivity contribution < 1.29 is 19.2 Å². The minimum atomic E-state index is -0.501. The predicted molar refractivity (Wildman–Crippen MR) is 104 cm³/mol. The molecule has 27 heavy (non-hydrogen) atoms. The number of hydrogen-bond acceptors (Lipinski definition) is 5. The zero-order valence-corrected chi connectivity index (χ0v) is 16.4. The SMILES string of the molecule is CNC(=O)C(=NOC)c1ccccc1COc1cc(C)c(C(=O)Cl)cc1C. The van der Waals surface area contributed by atoms with Crippen LogP contribution >= 0.6 is 11.6 Å². The Balaban J connectivity index is 2.32. The molecule has 2 aromatic rings. The number of ether oxygens (including phenoxy) is 1. The zero-order valence-electron chi connectivity index (χ0n) is 15.6. The summed E-state index contributed by atoms with van der Waals surface area (Å²) in [6.45, 7) is 3.85. The Morgan fingerprint density at radius 1 is 1.11 bits per heavy atom. The molecule has 6 nitrogen and oxygen atoms in total. The number of aryl methyl sites for hydroxylation is 2. The van der Waals surface area contributed by atoms with Gasteiger partial charge in [-0.2, -0.15) is 0 Å². The van der Waals surface area contributed by atoms with Crippen molar-refractivity contribution in [3.63, 3.8) is 0 Å². The van der Waals surface area contributed by atoms with Crippen molar-refractivity contribution in [2.75, 3.05) is 14.2 Å². The van der Waals surface area contributed by atoms with E-state index in [4.69, 9.17) is 21.2 Å². The van der Waals surface area contributed by atoms with E-state index >= 15 is 0 Å². The minimum Gasteiger partial charge on any atom is -0.489 e. The number of likely N-dealkylation sites (N-methyl/N-ethyl adjacent to an activating group) is 1. The van der Waals surface area contributed by atoms with E-state index in [1.54, 1.807) is 25.1 Å². The highest BCUT2D eigenvalue weighted by molar-refractivity contribution is 6.67. The second kappa shape index (κ2) is 9.19. The van der Waals surface area contributed by atoms with Crippen LogP contribution in [0.5, 0.6) is 5.75 Å². The highest BCUT2D eigenvalue weighted by Gasteiger charge is 2.18. The second-order valence-corrected chi connectivity index (χ2v) is 6.20. The van der Waals surface area contributed by atoms with E-state index in [-0.39, 0.29) is 18.2 Å². The first-order valence-electron chi connectivity index (χ1n) is 8.24. The van der Waals surface area contributed by atoms with Gasteiger partial charge in [0.15, 0.2) is 5.71 Å². The molecule has 0 unspecified atom stereocenters. The lowest BCUT2D eigenvalue weighted by molar-refractivity contribution is -0.114. The van der Waals surface area contributed by atoms with Gasteiger partial charge in [0.05, 0.1) is 0 Å². The van der Waals surface area contributed by atoms with E-state index < -0.39 is 5.24 Å². The topological polar surface area (TPSA) is 77.0 Å². The molecule has 7 heteroatoms. The van der Waals surface area contributed by atoms with Crippen molar-refractivity contribution >= 4 is 28.5 Å². The Morgan fingerprint density at radius 2 is 1.81 bits per heavy atom. The molecule has 0 fully saturated rings. The van der Waals surface area contributed by atoms with Crippen molar-refractivity contribution in [3.05, 3.63) is 64.2 Å². The Hall–Kier alpha value is -2.86. The van der Waals surface area contributed by atoms with E-state index in [1.165, 1.54) is 14.2 Å². The number of benzene rings is 2. The van der Waals surface area contributed by atoms with Crippen molar-refractivity contribution in [1.29, 1.82) is 0 Å². The van der Waals surface area contributed by atoms with Crippen LogP contribution in [0.1, 0.15) is 32.6 Å². The summed E-state index contributed by atoms with van der Waals surface area (Å²) >= 11 is 5.59. The summed E-state index contributed by atoms with van der Waals surface area (Å²) in [6, 6.07) is 10.8. The fourth-order valence-electron chi connectivity index (χ4n) is 2.61. The molecule has 0 aromatic heterocycles. The maximum atomic E-state index is 12.1. The van der Waals surface area contributed by atoms with Crippen LogP contribution in [0, 0.1) is 13.8 Å². The third-order valence-corrected chi connectivity index (χ3v) is 4.22. The lowest BCUT2D eigenvalue weighted by atomic mass is 10.0. The van der Waals surface area contributed by atoms with Gasteiger partial charge in [-0.1, -0.05) is 29.4 Å². The molecule has 1 N–H and O–H groups in total. The quantitative estimate of drug-likeness (QED) is 0.448. The summed E-state index contributed by atoms with van der Waals surface area (Å²) in [4.78, 5) is 28.4. The molecular weight excluding hydrogens is 368 g/mol. The Labute approximate surface area is 163 Å². The number of amides is 1. The van der Waals surface area contributed by atoms with Crippen LogP contribution in [0.3, 0.4) is 0 Å². The minimum absolute atomic E-state index is 0.162. The average Bonchev–Trinajstić information content (AvgIpc) is 2.66. The monoisotopic (exact) mass is 388 g/mol. The van der Waals surface area contributed by atoms with Crippen LogP contribution in [0.2, 0.25) is 0 Å². The average molecular weight is 389 g/mol. The van der Waals surface area contributed by atoms with Gasteiger partial charge in [0.25, 0.3) is 11.1 Å². The van der Waals surface area contributed by atoms with E-state index in [0.717, 1.165) is 16.7 Å². The van der Waals surface area contributed by atoms with Crippen molar-refractivity contribution in [2.45, 2.75) is 20.5 Å². The van der Waals surface area contributed by atoms with Crippen molar-refractivity contribution in [3.8, 4) is 5.75 Å². The molecular formula is C20H21ClN2O4. The summed E-state index contributed by atoms with van der Waals surface area (Å²) in [5, 5.41) is 5.89. The highest BCUT2D eigenvalue weighted by Crippen LogP contribution is 2.25. The van der Waals surface area contributed by atoms with E-state index in [1.807, 2.05) is 25.1 Å². The molecule has 0 saturated heterocycles. The second-order valence-electron chi connectivity index (χ2n) is 5.85. The van der Waals surface area contributed by atoms with Gasteiger partial charge in [0, 0.05) is 18.2 Å². The summed E-state index contributed by atoms with van der Waals surface area (Å²) in [7, 11) is 2.91. The third kappa shape index (κ3) is 4.86. The van der Waals surface area contributed by atoms with Crippen molar-refractivity contribution in [1.82, 2.24) is 5.32 Å². The lowest BCUT2D eigenvalue weighted by Crippen LogP contribution is -2.29. The molecule has 0 aliphatic carbocycles. The van der Waals surface area contributed by atoms with Crippen LogP contribution in [-0.2, 0) is 16.2 Å². The summed E-state index contributed by atoms with van der Waals surface area (Å²) < 4.78 is 5.94. The summed E-state index contributed by atoms with van der Waals surface area (Å²) in [6.07, 6.45) is 0. The lowest BCUT2D eigenvalue weighted by Gasteiger charge is -2.14. The summed E-state index contributed by atoms with van der Waals surface area (Å²) in [5.41, 5.74) is 3.52. The first kappa shape index (κ1) is 20.5. The summed E-state index contributed by atoms with van der Waals surface area (Å²) in [5.74, 6) is 0.274.